The van der Waals surface area contributed by atoms with Crippen LogP contribution in [0.3, 0.4) is 0 Å². The van der Waals surface area contributed by atoms with Crippen molar-refractivity contribution in [1.82, 2.24) is 9.55 Å². The Hall–Kier alpha value is -2.04. The Morgan fingerprint density at radius 1 is 1.17 bits per heavy atom. The predicted octanol–water partition coefficient (Wildman–Crippen LogP) is 4.60. The fraction of sp³-hybridized carbons (Fsp3) is 0.316. The van der Waals surface area contributed by atoms with Crippen LogP contribution in [0.2, 0.25) is 5.02 Å². The van der Waals surface area contributed by atoms with Crippen LogP contribution in [0, 0.1) is 0 Å². The summed E-state index contributed by atoms with van der Waals surface area (Å²) in [6.07, 6.45) is 0.885. The highest BCUT2D eigenvalue weighted by Gasteiger charge is 2.16. The van der Waals surface area contributed by atoms with Gasteiger partial charge < -0.3 is 14.4 Å². The number of ether oxygens (including phenoxy) is 1. The number of rotatable bonds is 7. The summed E-state index contributed by atoms with van der Waals surface area (Å²) in [5.41, 5.74) is 1.95. The van der Waals surface area contributed by atoms with E-state index in [-0.39, 0.29) is 0 Å². The molecule has 0 unspecified atom stereocenters. The predicted molar refractivity (Wildman–Crippen MR) is 96.5 cm³/mol. The summed E-state index contributed by atoms with van der Waals surface area (Å²) in [5, 5.41) is 10.9. The number of para-hydroxylation sites is 3. The Kier molecular flexibility index (Phi) is 5.38. The molecule has 0 aliphatic rings. The van der Waals surface area contributed by atoms with Crippen molar-refractivity contribution >= 4 is 22.6 Å². The van der Waals surface area contributed by atoms with E-state index < -0.39 is 6.10 Å². The fourth-order valence-electron chi connectivity index (χ4n) is 2.73. The zero-order chi connectivity index (χ0) is 16.9. The highest BCUT2D eigenvalue weighted by atomic mass is 35.5. The zero-order valence-corrected chi connectivity index (χ0v) is 14.4. The largest absolute Gasteiger partial charge is 0.492 e. The van der Waals surface area contributed by atoms with Crippen molar-refractivity contribution in [2.45, 2.75) is 32.4 Å². The van der Waals surface area contributed by atoms with Gasteiger partial charge in [-0.25, -0.2) is 4.98 Å². The Labute approximate surface area is 146 Å². The number of aromatic nitrogens is 2. The molecule has 4 nitrogen and oxygen atoms in total. The van der Waals surface area contributed by atoms with Gasteiger partial charge in [0.1, 0.15) is 17.7 Å². The van der Waals surface area contributed by atoms with E-state index in [1.54, 1.807) is 0 Å². The third kappa shape index (κ3) is 3.55. The van der Waals surface area contributed by atoms with Gasteiger partial charge in [-0.15, -0.1) is 0 Å². The summed E-state index contributed by atoms with van der Waals surface area (Å²) in [5.74, 6) is 1.42. The number of halogens is 1. The Morgan fingerprint density at radius 2 is 1.92 bits per heavy atom. The van der Waals surface area contributed by atoms with E-state index in [1.807, 2.05) is 55.5 Å². The Morgan fingerprint density at radius 3 is 2.71 bits per heavy atom. The molecule has 1 atom stereocenters. The number of aliphatic hydroxyl groups is 1. The normalized spacial score (nSPS) is 12.5. The van der Waals surface area contributed by atoms with Gasteiger partial charge in [-0.1, -0.05) is 42.8 Å². The van der Waals surface area contributed by atoms with Crippen LogP contribution in [0.4, 0.5) is 0 Å². The van der Waals surface area contributed by atoms with Gasteiger partial charge in [0.25, 0.3) is 0 Å². The van der Waals surface area contributed by atoms with Crippen LogP contribution in [-0.4, -0.2) is 21.3 Å². The van der Waals surface area contributed by atoms with Gasteiger partial charge in [0.15, 0.2) is 0 Å². The second-order valence-corrected chi connectivity index (χ2v) is 6.07. The molecule has 1 heterocycles. The molecular formula is C19H21ClN2O2. The molecule has 0 spiro atoms. The minimum Gasteiger partial charge on any atom is -0.492 e. The van der Waals surface area contributed by atoms with Crippen molar-refractivity contribution in [2.75, 3.05) is 6.61 Å². The SMILES string of the molecule is CC[C@@H](O)c1nc2ccccc2n1CCCOc1ccccc1Cl. The van der Waals surface area contributed by atoms with E-state index in [9.17, 15) is 5.11 Å². The maximum absolute atomic E-state index is 10.3. The molecule has 2 aromatic carbocycles. The number of fused-ring (bicyclic) bond motifs is 1. The molecule has 3 rings (SSSR count). The molecule has 0 bridgehead atoms. The molecule has 1 N–H and O–H groups in total. The number of hydrogen-bond donors (Lipinski definition) is 1. The quantitative estimate of drug-likeness (QED) is 0.637. The summed E-state index contributed by atoms with van der Waals surface area (Å²) in [4.78, 5) is 4.59. The summed E-state index contributed by atoms with van der Waals surface area (Å²) in [7, 11) is 0. The maximum atomic E-state index is 10.3. The number of benzene rings is 2. The molecule has 0 radical (unpaired) electrons. The highest BCUT2D eigenvalue weighted by molar-refractivity contribution is 6.32. The Balaban J connectivity index is 1.71. The lowest BCUT2D eigenvalue weighted by molar-refractivity contribution is 0.158. The second-order valence-electron chi connectivity index (χ2n) is 5.67. The third-order valence-corrected chi connectivity index (χ3v) is 4.30. The Bertz CT molecular complexity index is 816. The van der Waals surface area contributed by atoms with Gasteiger partial charge in [0, 0.05) is 6.54 Å². The molecule has 0 saturated carbocycles. The molecular weight excluding hydrogens is 324 g/mol. The molecule has 0 aliphatic heterocycles. The topological polar surface area (TPSA) is 47.3 Å². The molecule has 0 fully saturated rings. The minimum absolute atomic E-state index is 0.553. The van der Waals surface area contributed by atoms with Crippen molar-refractivity contribution in [2.24, 2.45) is 0 Å². The van der Waals surface area contributed by atoms with Crippen LogP contribution in [0.1, 0.15) is 31.7 Å². The first-order chi connectivity index (χ1) is 11.7. The molecule has 24 heavy (non-hydrogen) atoms. The van der Waals surface area contributed by atoms with Crippen LogP contribution < -0.4 is 4.74 Å². The monoisotopic (exact) mass is 344 g/mol. The molecule has 126 valence electrons. The number of imidazole rings is 1. The average molecular weight is 345 g/mol. The van der Waals surface area contributed by atoms with Crippen molar-refractivity contribution in [3.63, 3.8) is 0 Å². The number of aryl methyl sites for hydroxylation is 1. The van der Waals surface area contributed by atoms with Crippen molar-refractivity contribution in [3.8, 4) is 5.75 Å². The summed E-state index contributed by atoms with van der Waals surface area (Å²) in [6, 6.07) is 15.4. The number of hydrogen-bond acceptors (Lipinski definition) is 3. The van der Waals surface area contributed by atoms with Gasteiger partial charge in [-0.2, -0.15) is 0 Å². The van der Waals surface area contributed by atoms with E-state index in [2.05, 4.69) is 9.55 Å². The van der Waals surface area contributed by atoms with Gasteiger partial charge in [0.2, 0.25) is 0 Å². The van der Waals surface area contributed by atoms with Crippen LogP contribution in [-0.2, 0) is 6.54 Å². The summed E-state index contributed by atoms with van der Waals surface area (Å²) >= 11 is 6.09. The van der Waals surface area contributed by atoms with Gasteiger partial charge in [-0.05, 0) is 37.1 Å². The lowest BCUT2D eigenvalue weighted by Crippen LogP contribution is -2.11. The highest BCUT2D eigenvalue weighted by Crippen LogP contribution is 2.25. The molecule has 0 aliphatic carbocycles. The van der Waals surface area contributed by atoms with Crippen LogP contribution in [0.25, 0.3) is 11.0 Å². The smallest absolute Gasteiger partial charge is 0.138 e. The maximum Gasteiger partial charge on any atom is 0.138 e. The van der Waals surface area contributed by atoms with E-state index >= 15 is 0 Å². The lowest BCUT2D eigenvalue weighted by Gasteiger charge is -2.13. The van der Waals surface area contributed by atoms with Gasteiger partial charge in [-0.3, -0.25) is 0 Å². The first-order valence-corrected chi connectivity index (χ1v) is 8.59. The first-order valence-electron chi connectivity index (χ1n) is 8.21. The van der Waals surface area contributed by atoms with Crippen LogP contribution in [0.5, 0.6) is 5.75 Å². The molecule has 1 aromatic heterocycles. The van der Waals surface area contributed by atoms with Gasteiger partial charge >= 0.3 is 0 Å². The lowest BCUT2D eigenvalue weighted by atomic mass is 10.2. The van der Waals surface area contributed by atoms with Crippen LogP contribution >= 0.6 is 11.6 Å². The summed E-state index contributed by atoms with van der Waals surface area (Å²) < 4.78 is 7.83. The van der Waals surface area contributed by atoms with E-state index in [0.717, 1.165) is 29.8 Å². The minimum atomic E-state index is -0.554. The number of aliphatic hydroxyl groups excluding tert-OH is 1. The molecule has 0 saturated heterocycles. The zero-order valence-electron chi connectivity index (χ0n) is 13.7. The first kappa shape index (κ1) is 16.8. The van der Waals surface area contributed by atoms with Crippen molar-refractivity contribution in [1.29, 1.82) is 0 Å². The average Bonchev–Trinajstić information content (AvgIpc) is 2.98. The fourth-order valence-corrected chi connectivity index (χ4v) is 2.92. The third-order valence-electron chi connectivity index (χ3n) is 3.99. The van der Waals surface area contributed by atoms with Crippen molar-refractivity contribution < 1.29 is 9.84 Å². The van der Waals surface area contributed by atoms with Gasteiger partial charge in [0.05, 0.1) is 22.7 Å². The second kappa shape index (κ2) is 7.69. The number of nitrogens with zero attached hydrogens (tertiary/aromatic N) is 2. The van der Waals surface area contributed by atoms with Crippen LogP contribution in [0.15, 0.2) is 48.5 Å². The van der Waals surface area contributed by atoms with E-state index in [0.29, 0.717) is 23.8 Å². The van der Waals surface area contributed by atoms with E-state index in [1.165, 1.54) is 0 Å². The van der Waals surface area contributed by atoms with E-state index in [4.69, 9.17) is 16.3 Å². The standard InChI is InChI=1S/C19H21ClN2O2/c1-2-17(23)19-21-15-9-4-5-10-16(15)22(19)12-7-13-24-18-11-6-3-8-14(18)20/h3-6,8-11,17,23H,2,7,12-13H2,1H3/t17-/m1/s1. The molecule has 3 aromatic rings. The molecule has 5 heteroatoms. The summed E-state index contributed by atoms with van der Waals surface area (Å²) in [6.45, 7) is 3.24. The molecule has 0 amide bonds. The van der Waals surface area contributed by atoms with Crippen molar-refractivity contribution in [3.05, 3.63) is 59.4 Å².